The van der Waals surface area contributed by atoms with Gasteiger partial charge in [-0.25, -0.2) is 0 Å². The maximum atomic E-state index is 9.94. The van der Waals surface area contributed by atoms with Crippen molar-refractivity contribution < 1.29 is 83.3 Å². The van der Waals surface area contributed by atoms with Crippen LogP contribution in [0.4, 0.5) is 0 Å². The van der Waals surface area contributed by atoms with Gasteiger partial charge < -0.3 is 28.7 Å². The van der Waals surface area contributed by atoms with Gasteiger partial charge in [0.1, 0.15) is 0 Å². The van der Waals surface area contributed by atoms with Crippen LogP contribution < -0.4 is 19.6 Å². The third-order valence-corrected chi connectivity index (χ3v) is 5.93. The molecule has 0 aromatic carbocycles. The number of alkyl halides is 2. The van der Waals surface area contributed by atoms with Crippen molar-refractivity contribution in [2.24, 2.45) is 0 Å². The predicted octanol–water partition coefficient (Wildman–Crippen LogP) is -2.10. The first-order chi connectivity index (χ1) is 4.50. The van der Waals surface area contributed by atoms with E-state index in [9.17, 15) is 28.7 Å². The molecule has 0 heterocycles. The first-order valence-corrected chi connectivity index (χ1v) is 5.76. The number of rotatable bonds is 2. The molecule has 0 radical (unpaired) electrons. The zero-order valence-electron chi connectivity index (χ0n) is 6.01. The fourth-order valence-electron chi connectivity index (χ4n) is 0.150. The Bertz CT molecular complexity index is 219. The number of hydrogen-bond acceptors (Lipinski definition) is 6. The van der Waals surface area contributed by atoms with Gasteiger partial charge in [0.25, 0.3) is 0 Å². The maximum Gasteiger partial charge on any atom is 2.00 e. The van der Waals surface area contributed by atoms with Crippen molar-refractivity contribution in [2.45, 2.75) is 3.82 Å². The summed E-state index contributed by atoms with van der Waals surface area (Å²) in [6, 6.07) is 0. The van der Waals surface area contributed by atoms with E-state index < -0.39 is 19.0 Å². The molecule has 0 amide bonds. The largest absolute Gasteiger partial charge is 2.00 e. The van der Waals surface area contributed by atoms with Gasteiger partial charge in [0.15, 0.2) is 3.82 Å². The minimum absolute atomic E-state index is 0. The molecule has 0 unspecified atom stereocenters. The van der Waals surface area contributed by atoms with E-state index in [1.54, 1.807) is 0 Å². The second-order valence-corrected chi connectivity index (χ2v) is 7.57. The molecule has 0 saturated heterocycles. The monoisotopic (exact) mass is 468 g/mol. The van der Waals surface area contributed by atoms with E-state index in [0.717, 1.165) is 0 Å². The van der Waals surface area contributed by atoms with Crippen LogP contribution in [0.3, 0.4) is 0 Å². The van der Waals surface area contributed by atoms with E-state index in [2.05, 4.69) is 23.2 Å². The molecule has 0 aromatic heterocycles. The average molecular weight is 466 g/mol. The van der Waals surface area contributed by atoms with Crippen LogP contribution in [-0.2, 0) is 63.7 Å². The van der Waals surface area contributed by atoms with Crippen LogP contribution in [0.5, 0.6) is 0 Å². The first-order valence-electron chi connectivity index (χ1n) is 1.92. The zero-order chi connectivity index (χ0) is 9.50. The summed E-state index contributed by atoms with van der Waals surface area (Å²) in [6.07, 6.45) is 0. The van der Waals surface area contributed by atoms with Crippen LogP contribution in [0.2, 0.25) is 0 Å². The van der Waals surface area contributed by atoms with E-state index in [4.69, 9.17) is 0 Å². The van der Waals surface area contributed by atoms with Gasteiger partial charge in [-0.2, -0.15) is 0 Å². The molecule has 0 saturated carbocycles. The molecule has 0 aliphatic heterocycles. The predicted molar refractivity (Wildman–Crippen MR) is 29.7 cm³/mol. The van der Waals surface area contributed by atoms with Crippen molar-refractivity contribution in [3.8, 4) is 0 Å². The van der Waals surface area contributed by atoms with Crippen molar-refractivity contribution in [3.05, 3.63) is 0 Å². The van der Waals surface area contributed by atoms with Crippen molar-refractivity contribution in [1.29, 1.82) is 0 Å². The molecule has 0 fully saturated rings. The Labute approximate surface area is 124 Å². The smallest absolute Gasteiger partial charge is 0.808 e. The Morgan fingerprint density at radius 3 is 1.00 bits per heavy atom. The van der Waals surface area contributed by atoms with Crippen molar-refractivity contribution >= 4 is 38.4 Å². The SMILES string of the molecule is O=P([O-])([O-])C(Cl)(Cl)P(=O)([O-])[O-].[Cd+2].[Cd+2]. The summed E-state index contributed by atoms with van der Waals surface area (Å²) in [5.41, 5.74) is 0. The Morgan fingerprint density at radius 2 is 1.00 bits per heavy atom. The zero-order valence-corrected chi connectivity index (χ0v) is 17.4. The van der Waals surface area contributed by atoms with Crippen molar-refractivity contribution in [2.75, 3.05) is 0 Å². The van der Waals surface area contributed by atoms with E-state index in [0.29, 0.717) is 0 Å². The summed E-state index contributed by atoms with van der Waals surface area (Å²) in [5.74, 6) is 0. The minimum atomic E-state index is -5.85. The van der Waals surface area contributed by atoms with Crippen molar-refractivity contribution in [3.63, 3.8) is 0 Å². The number of hydrogen-bond donors (Lipinski definition) is 0. The van der Waals surface area contributed by atoms with Gasteiger partial charge >= 0.3 is 54.6 Å². The molecule has 0 N–H and O–H groups in total. The molecule has 0 atom stereocenters. The van der Waals surface area contributed by atoms with Crippen LogP contribution in [-0.4, -0.2) is 3.82 Å². The van der Waals surface area contributed by atoms with Crippen LogP contribution in [0.1, 0.15) is 0 Å². The fraction of sp³-hybridized carbons (Fsp3) is 1.00. The third kappa shape index (κ3) is 5.55. The molecule has 6 nitrogen and oxygen atoms in total. The van der Waals surface area contributed by atoms with E-state index in [1.807, 2.05) is 0 Å². The normalized spacial score (nSPS) is 12.8. The molecule has 12 heteroatoms. The molecule has 0 spiro atoms. The molecule has 68 valence electrons. The minimum Gasteiger partial charge on any atom is -0.808 e. The molecule has 0 aliphatic carbocycles. The van der Waals surface area contributed by atoms with E-state index in [1.165, 1.54) is 0 Å². The second-order valence-electron chi connectivity index (χ2n) is 1.50. The summed E-state index contributed by atoms with van der Waals surface area (Å²) in [4.78, 5) is 39.7. The third-order valence-electron chi connectivity index (χ3n) is 0.659. The van der Waals surface area contributed by atoms with E-state index >= 15 is 0 Å². The summed E-state index contributed by atoms with van der Waals surface area (Å²) in [5, 5.41) is 0. The van der Waals surface area contributed by atoms with E-state index in [-0.39, 0.29) is 54.6 Å². The molecule has 0 bridgehead atoms. The van der Waals surface area contributed by atoms with Gasteiger partial charge in [0.2, 0.25) is 0 Å². The molecule has 0 aromatic rings. The maximum absolute atomic E-state index is 9.94. The van der Waals surface area contributed by atoms with Gasteiger partial charge in [0, 0.05) is 0 Å². The van der Waals surface area contributed by atoms with Crippen LogP contribution in [0.15, 0.2) is 0 Å². The Hall–Kier alpha value is 2.72. The quantitative estimate of drug-likeness (QED) is 0.261. The Balaban J connectivity index is -0.000000500. The van der Waals surface area contributed by atoms with Crippen molar-refractivity contribution in [1.82, 2.24) is 0 Å². The van der Waals surface area contributed by atoms with Crippen LogP contribution in [0, 0.1) is 0 Å². The van der Waals surface area contributed by atoms with Gasteiger partial charge in [-0.1, -0.05) is 23.2 Å². The fourth-order valence-corrected chi connectivity index (χ4v) is 1.35. The van der Waals surface area contributed by atoms with Gasteiger partial charge in [-0.3, -0.25) is 0 Å². The first kappa shape index (κ1) is 21.1. The Morgan fingerprint density at radius 1 is 0.846 bits per heavy atom. The van der Waals surface area contributed by atoms with Crippen LogP contribution in [0.25, 0.3) is 0 Å². The molecular formula is CCd2Cl2O6P2. The van der Waals surface area contributed by atoms with Gasteiger partial charge in [0.05, 0.1) is 0 Å². The summed E-state index contributed by atoms with van der Waals surface area (Å²) >= 11 is 8.96. The van der Waals surface area contributed by atoms with Crippen LogP contribution >= 0.6 is 38.4 Å². The number of halogens is 2. The summed E-state index contributed by atoms with van der Waals surface area (Å²) in [6.45, 7) is 0. The topological polar surface area (TPSA) is 126 Å². The van der Waals surface area contributed by atoms with Gasteiger partial charge in [-0.15, -0.1) is 0 Å². The molecule has 0 aliphatic rings. The standard InChI is InChI=1S/CH4Cl2O6P2.2Cd/c2-1(3,10(4,5)6)11(7,8)9;;/h(H2,4,5,6)(H2,7,8,9);;/q;2*+2/p-4. The second kappa shape index (κ2) is 6.46. The molecule has 0 rings (SSSR count). The summed E-state index contributed by atoms with van der Waals surface area (Å²) < 4.78 is 16.1. The Kier molecular flexibility index (Phi) is 10.5. The summed E-state index contributed by atoms with van der Waals surface area (Å²) in [7, 11) is -11.7. The van der Waals surface area contributed by atoms with Gasteiger partial charge in [-0.05, 0) is 15.2 Å². The average Bonchev–Trinajstić information content (AvgIpc) is 1.58. The molecule has 13 heavy (non-hydrogen) atoms. The molecular weight excluding hydrogens is 466 g/mol.